The standard InChI is InChI=1S/C20H19NO4/c22-19(14-5-2-1-3-6-14)16-7-4-10-21(12-16)20(23)15-8-9-17-18(11-15)25-13-24-17/h1-3,5-6,8-9,11,16H,4,7,10,12-13H2. The number of Topliss-reactive ketones (excluding diaryl/α,β-unsaturated/α-hetero) is 1. The Bertz CT molecular complexity index is 803. The molecule has 1 saturated heterocycles. The minimum Gasteiger partial charge on any atom is -0.454 e. The number of hydrogen-bond donors (Lipinski definition) is 0. The van der Waals surface area contributed by atoms with Gasteiger partial charge in [0.25, 0.3) is 5.91 Å². The highest BCUT2D eigenvalue weighted by Gasteiger charge is 2.30. The first-order valence-corrected chi connectivity index (χ1v) is 8.50. The normalized spacial score (nSPS) is 18.9. The van der Waals surface area contributed by atoms with Gasteiger partial charge in [-0.1, -0.05) is 30.3 Å². The van der Waals surface area contributed by atoms with Crippen LogP contribution in [0.15, 0.2) is 48.5 Å². The smallest absolute Gasteiger partial charge is 0.254 e. The summed E-state index contributed by atoms with van der Waals surface area (Å²) in [6.45, 7) is 1.32. The Labute approximate surface area is 146 Å². The molecule has 2 heterocycles. The van der Waals surface area contributed by atoms with Gasteiger partial charge in [0.2, 0.25) is 6.79 Å². The molecule has 1 amide bonds. The summed E-state index contributed by atoms with van der Waals surface area (Å²) in [5.74, 6) is 1.16. The van der Waals surface area contributed by atoms with Crippen molar-refractivity contribution in [3.63, 3.8) is 0 Å². The summed E-state index contributed by atoms with van der Waals surface area (Å²) in [6, 6.07) is 14.5. The minimum atomic E-state index is -0.144. The lowest BCUT2D eigenvalue weighted by Crippen LogP contribution is -2.42. The van der Waals surface area contributed by atoms with Crippen molar-refractivity contribution >= 4 is 11.7 Å². The van der Waals surface area contributed by atoms with Gasteiger partial charge in [0.05, 0.1) is 0 Å². The van der Waals surface area contributed by atoms with Crippen molar-refractivity contribution in [1.82, 2.24) is 4.90 Å². The molecule has 1 fully saturated rings. The van der Waals surface area contributed by atoms with Crippen LogP contribution in [0.4, 0.5) is 0 Å². The Morgan fingerprint density at radius 1 is 0.960 bits per heavy atom. The highest BCUT2D eigenvalue weighted by atomic mass is 16.7. The largest absolute Gasteiger partial charge is 0.454 e. The maximum atomic E-state index is 12.8. The van der Waals surface area contributed by atoms with Gasteiger partial charge in [-0.25, -0.2) is 0 Å². The van der Waals surface area contributed by atoms with Crippen LogP contribution in [0.5, 0.6) is 11.5 Å². The lowest BCUT2D eigenvalue weighted by molar-refractivity contribution is 0.0636. The molecule has 4 rings (SSSR count). The van der Waals surface area contributed by atoms with Gasteiger partial charge < -0.3 is 14.4 Å². The maximum absolute atomic E-state index is 12.8. The van der Waals surface area contributed by atoms with Crippen molar-refractivity contribution in [2.24, 2.45) is 5.92 Å². The number of hydrogen-bond acceptors (Lipinski definition) is 4. The average molecular weight is 337 g/mol. The predicted molar refractivity (Wildman–Crippen MR) is 92.0 cm³/mol. The lowest BCUT2D eigenvalue weighted by Gasteiger charge is -2.32. The van der Waals surface area contributed by atoms with Gasteiger partial charge in [-0.05, 0) is 31.0 Å². The van der Waals surface area contributed by atoms with E-state index in [1.807, 2.05) is 30.3 Å². The number of amides is 1. The van der Waals surface area contributed by atoms with Crippen LogP contribution in [0.2, 0.25) is 0 Å². The van der Waals surface area contributed by atoms with Crippen LogP contribution in [-0.4, -0.2) is 36.5 Å². The number of ketones is 1. The number of ether oxygens (including phenoxy) is 2. The molecule has 1 unspecified atom stereocenters. The van der Waals surface area contributed by atoms with Gasteiger partial charge in [0.1, 0.15) is 0 Å². The summed E-state index contributed by atoms with van der Waals surface area (Å²) in [6.07, 6.45) is 1.65. The molecule has 2 aliphatic rings. The van der Waals surface area contributed by atoms with Crippen LogP contribution in [0, 0.1) is 5.92 Å². The number of nitrogens with zero attached hydrogens (tertiary/aromatic N) is 1. The number of benzene rings is 2. The molecule has 25 heavy (non-hydrogen) atoms. The fourth-order valence-electron chi connectivity index (χ4n) is 3.43. The molecule has 0 spiro atoms. The summed E-state index contributed by atoms with van der Waals surface area (Å²) in [5.41, 5.74) is 1.28. The molecule has 5 nitrogen and oxygen atoms in total. The van der Waals surface area contributed by atoms with E-state index in [-0.39, 0.29) is 24.4 Å². The highest BCUT2D eigenvalue weighted by Crippen LogP contribution is 2.33. The van der Waals surface area contributed by atoms with E-state index in [1.165, 1.54) is 0 Å². The SMILES string of the molecule is O=C(c1ccccc1)C1CCCN(C(=O)c2ccc3c(c2)OCO3)C1. The molecule has 2 aromatic carbocycles. The van der Waals surface area contributed by atoms with Gasteiger partial charge in [-0.15, -0.1) is 0 Å². The first-order chi connectivity index (χ1) is 12.2. The van der Waals surface area contributed by atoms with E-state index >= 15 is 0 Å². The second-order valence-electron chi connectivity index (χ2n) is 6.39. The summed E-state index contributed by atoms with van der Waals surface area (Å²) in [5, 5.41) is 0. The Hall–Kier alpha value is -2.82. The van der Waals surface area contributed by atoms with Crippen molar-refractivity contribution in [2.75, 3.05) is 19.9 Å². The van der Waals surface area contributed by atoms with E-state index in [2.05, 4.69) is 0 Å². The van der Waals surface area contributed by atoms with E-state index in [4.69, 9.17) is 9.47 Å². The van der Waals surface area contributed by atoms with Gasteiger partial charge >= 0.3 is 0 Å². The summed E-state index contributed by atoms with van der Waals surface area (Å²) in [4.78, 5) is 27.3. The van der Waals surface area contributed by atoms with Gasteiger partial charge in [0, 0.05) is 30.1 Å². The van der Waals surface area contributed by atoms with Crippen LogP contribution in [0.3, 0.4) is 0 Å². The van der Waals surface area contributed by atoms with Gasteiger partial charge in [-0.2, -0.15) is 0 Å². The third-order valence-corrected chi connectivity index (χ3v) is 4.76. The molecule has 128 valence electrons. The summed E-state index contributed by atoms with van der Waals surface area (Å²) in [7, 11) is 0. The van der Waals surface area contributed by atoms with Crippen LogP contribution in [-0.2, 0) is 0 Å². The number of carbonyl (C=O) groups excluding carboxylic acids is 2. The number of piperidine rings is 1. The molecule has 2 aliphatic heterocycles. The molecule has 0 radical (unpaired) electrons. The maximum Gasteiger partial charge on any atom is 0.254 e. The topological polar surface area (TPSA) is 55.8 Å². The zero-order valence-corrected chi connectivity index (χ0v) is 13.8. The van der Waals surface area contributed by atoms with Crippen molar-refractivity contribution in [3.05, 3.63) is 59.7 Å². The molecular weight excluding hydrogens is 318 g/mol. The van der Waals surface area contributed by atoms with Crippen LogP contribution < -0.4 is 9.47 Å². The van der Waals surface area contributed by atoms with E-state index < -0.39 is 0 Å². The van der Waals surface area contributed by atoms with Crippen LogP contribution in [0.1, 0.15) is 33.6 Å². The van der Waals surface area contributed by atoms with E-state index in [0.717, 1.165) is 12.8 Å². The first-order valence-electron chi connectivity index (χ1n) is 8.50. The second-order valence-corrected chi connectivity index (χ2v) is 6.39. The monoisotopic (exact) mass is 337 g/mol. The average Bonchev–Trinajstić information content (AvgIpc) is 3.15. The van der Waals surface area contributed by atoms with Gasteiger partial charge in [0.15, 0.2) is 17.3 Å². The third-order valence-electron chi connectivity index (χ3n) is 4.76. The Morgan fingerprint density at radius 2 is 1.76 bits per heavy atom. The second kappa shape index (κ2) is 6.59. The molecule has 0 bridgehead atoms. The Kier molecular flexibility index (Phi) is 4.14. The van der Waals surface area contributed by atoms with E-state index in [0.29, 0.717) is 35.7 Å². The summed E-state index contributed by atoms with van der Waals surface area (Å²) < 4.78 is 10.6. The molecular formula is C20H19NO4. The molecule has 5 heteroatoms. The quantitative estimate of drug-likeness (QED) is 0.808. The van der Waals surface area contributed by atoms with Crippen LogP contribution >= 0.6 is 0 Å². The molecule has 1 atom stereocenters. The molecule has 0 aliphatic carbocycles. The van der Waals surface area contributed by atoms with Gasteiger partial charge in [-0.3, -0.25) is 9.59 Å². The van der Waals surface area contributed by atoms with Crippen molar-refractivity contribution in [3.8, 4) is 11.5 Å². The molecule has 0 aromatic heterocycles. The van der Waals surface area contributed by atoms with E-state index in [1.54, 1.807) is 23.1 Å². The lowest BCUT2D eigenvalue weighted by atomic mass is 9.89. The number of carbonyl (C=O) groups is 2. The number of rotatable bonds is 3. The zero-order valence-electron chi connectivity index (χ0n) is 13.8. The van der Waals surface area contributed by atoms with E-state index in [9.17, 15) is 9.59 Å². The fourth-order valence-corrected chi connectivity index (χ4v) is 3.43. The van der Waals surface area contributed by atoms with Crippen LogP contribution in [0.25, 0.3) is 0 Å². The first kappa shape index (κ1) is 15.7. The Morgan fingerprint density at radius 3 is 2.60 bits per heavy atom. The predicted octanol–water partition coefficient (Wildman–Crippen LogP) is 3.15. The Balaban J connectivity index is 1.49. The molecule has 0 saturated carbocycles. The van der Waals surface area contributed by atoms with Crippen molar-refractivity contribution in [1.29, 1.82) is 0 Å². The minimum absolute atomic E-state index is 0.0659. The number of likely N-dealkylation sites (tertiary alicyclic amines) is 1. The highest BCUT2D eigenvalue weighted by molar-refractivity contribution is 5.99. The third kappa shape index (κ3) is 3.09. The zero-order chi connectivity index (χ0) is 17.2. The fraction of sp³-hybridized carbons (Fsp3) is 0.300. The van der Waals surface area contributed by atoms with Crippen molar-refractivity contribution in [2.45, 2.75) is 12.8 Å². The molecule has 2 aromatic rings. The summed E-state index contributed by atoms with van der Waals surface area (Å²) >= 11 is 0. The molecule has 0 N–H and O–H groups in total. The number of fused-ring (bicyclic) bond motifs is 1. The van der Waals surface area contributed by atoms with Crippen molar-refractivity contribution < 1.29 is 19.1 Å².